The Kier molecular flexibility index (Phi) is 3.73. The van der Waals surface area contributed by atoms with Crippen LogP contribution in [0.3, 0.4) is 0 Å². The number of aromatic carboxylic acids is 1. The van der Waals surface area contributed by atoms with Gasteiger partial charge in [0, 0.05) is 18.3 Å². The molecule has 0 atom stereocenters. The lowest BCUT2D eigenvalue weighted by Crippen LogP contribution is -2.12. The Hall–Kier alpha value is -1.76. The first-order valence-corrected chi connectivity index (χ1v) is 4.30. The first-order valence-electron chi connectivity index (χ1n) is 4.30. The predicted octanol–water partition coefficient (Wildman–Crippen LogP) is 1.18. The summed E-state index contributed by atoms with van der Waals surface area (Å²) in [6, 6.07) is 0. The highest BCUT2D eigenvalue weighted by Crippen LogP contribution is 2.31. The molecule has 1 aromatic heterocycles. The second-order valence-electron chi connectivity index (χ2n) is 2.88. The Morgan fingerprint density at radius 2 is 2.31 bits per heavy atom. The van der Waals surface area contributed by atoms with Crippen LogP contribution in [0.25, 0.3) is 0 Å². The van der Waals surface area contributed by atoms with E-state index in [0.717, 1.165) is 13.3 Å². The molecule has 1 aromatic rings. The predicted molar refractivity (Wildman–Crippen MR) is 50.6 cm³/mol. The number of hydrogen-bond acceptors (Lipinski definition) is 4. The van der Waals surface area contributed by atoms with Crippen LogP contribution in [0.15, 0.2) is 6.20 Å². The van der Waals surface area contributed by atoms with Crippen LogP contribution in [-0.2, 0) is 6.54 Å². The van der Waals surface area contributed by atoms with Crippen molar-refractivity contribution in [2.75, 3.05) is 7.11 Å². The molecule has 16 heavy (non-hydrogen) atoms. The van der Waals surface area contributed by atoms with Gasteiger partial charge in [0.25, 0.3) is 6.43 Å². The van der Waals surface area contributed by atoms with Crippen LogP contribution in [0, 0.1) is 0 Å². The van der Waals surface area contributed by atoms with Gasteiger partial charge in [-0.1, -0.05) is 0 Å². The molecule has 7 heteroatoms. The number of aromatic nitrogens is 1. The minimum Gasteiger partial charge on any atom is -0.494 e. The molecule has 1 heterocycles. The summed E-state index contributed by atoms with van der Waals surface area (Å²) in [5.41, 5.74) is 4.50. The number of pyridine rings is 1. The summed E-state index contributed by atoms with van der Waals surface area (Å²) in [7, 11) is 1.16. The fourth-order valence-corrected chi connectivity index (χ4v) is 1.32. The lowest BCUT2D eigenvalue weighted by atomic mass is 10.1. The minimum atomic E-state index is -2.84. The fourth-order valence-electron chi connectivity index (χ4n) is 1.32. The van der Waals surface area contributed by atoms with E-state index < -0.39 is 18.1 Å². The Bertz CT molecular complexity index is 410. The first-order chi connectivity index (χ1) is 7.52. The lowest BCUT2D eigenvalue weighted by molar-refractivity contribution is 0.0693. The molecule has 5 nitrogen and oxygen atoms in total. The van der Waals surface area contributed by atoms with Crippen molar-refractivity contribution < 1.29 is 23.4 Å². The van der Waals surface area contributed by atoms with E-state index in [-0.39, 0.29) is 23.4 Å². The monoisotopic (exact) mass is 232 g/mol. The summed E-state index contributed by atoms with van der Waals surface area (Å²) in [5.74, 6) is -1.55. The SMILES string of the molecule is COc1c(C(F)F)ncc(C(=O)O)c1CN. The summed E-state index contributed by atoms with van der Waals surface area (Å²) >= 11 is 0. The maximum Gasteiger partial charge on any atom is 0.337 e. The minimum absolute atomic E-state index is 0.0142. The zero-order valence-electron chi connectivity index (χ0n) is 8.41. The van der Waals surface area contributed by atoms with Crippen molar-refractivity contribution in [1.29, 1.82) is 0 Å². The lowest BCUT2D eigenvalue weighted by Gasteiger charge is -2.13. The van der Waals surface area contributed by atoms with Gasteiger partial charge in [-0.2, -0.15) is 0 Å². The maximum atomic E-state index is 12.5. The van der Waals surface area contributed by atoms with E-state index in [2.05, 4.69) is 4.98 Å². The Labute approximate surface area is 89.9 Å². The second kappa shape index (κ2) is 4.84. The fraction of sp³-hybridized carbons (Fsp3) is 0.333. The van der Waals surface area contributed by atoms with Crippen LogP contribution < -0.4 is 10.5 Å². The number of nitrogens with zero attached hydrogens (tertiary/aromatic N) is 1. The van der Waals surface area contributed by atoms with Crippen LogP contribution in [0.5, 0.6) is 5.75 Å². The molecule has 0 aliphatic heterocycles. The topological polar surface area (TPSA) is 85.4 Å². The molecule has 0 bridgehead atoms. The number of methoxy groups -OCH3 is 1. The molecule has 0 radical (unpaired) electrons. The standard InChI is InChI=1S/C9H10F2N2O3/c1-16-7-4(2-12)5(9(14)15)3-13-6(7)8(10)11/h3,8H,2,12H2,1H3,(H,14,15). The average molecular weight is 232 g/mol. The second-order valence-corrected chi connectivity index (χ2v) is 2.88. The summed E-state index contributed by atoms with van der Waals surface area (Å²) in [4.78, 5) is 14.2. The summed E-state index contributed by atoms with van der Waals surface area (Å²) in [6.07, 6.45) is -1.99. The van der Waals surface area contributed by atoms with Crippen molar-refractivity contribution in [3.63, 3.8) is 0 Å². The molecule has 0 aromatic carbocycles. The van der Waals surface area contributed by atoms with Crippen molar-refractivity contribution >= 4 is 5.97 Å². The number of rotatable bonds is 4. The molecular weight excluding hydrogens is 222 g/mol. The number of ether oxygens (including phenoxy) is 1. The third-order valence-corrected chi connectivity index (χ3v) is 2.01. The molecule has 0 spiro atoms. The van der Waals surface area contributed by atoms with E-state index in [1.807, 2.05) is 0 Å². The Morgan fingerprint density at radius 1 is 1.69 bits per heavy atom. The summed E-state index contributed by atoms with van der Waals surface area (Å²) < 4.78 is 29.8. The van der Waals surface area contributed by atoms with Crippen molar-refractivity contribution in [3.8, 4) is 5.75 Å². The number of nitrogens with two attached hydrogens (primary N) is 1. The Morgan fingerprint density at radius 3 is 2.69 bits per heavy atom. The summed E-state index contributed by atoms with van der Waals surface area (Å²) in [5, 5.41) is 8.81. The normalized spacial score (nSPS) is 10.6. The number of carboxylic acids is 1. The van der Waals surface area contributed by atoms with E-state index in [0.29, 0.717) is 0 Å². The third kappa shape index (κ3) is 2.08. The number of carbonyl (C=O) groups is 1. The van der Waals surface area contributed by atoms with E-state index in [4.69, 9.17) is 15.6 Å². The first kappa shape index (κ1) is 12.3. The van der Waals surface area contributed by atoms with Gasteiger partial charge in [0.2, 0.25) is 0 Å². The van der Waals surface area contributed by atoms with Crippen LogP contribution in [-0.4, -0.2) is 23.2 Å². The Balaban J connectivity index is 3.46. The third-order valence-electron chi connectivity index (χ3n) is 2.01. The molecule has 1 rings (SSSR count). The van der Waals surface area contributed by atoms with Gasteiger partial charge in [-0.15, -0.1) is 0 Å². The van der Waals surface area contributed by atoms with Gasteiger partial charge in [0.1, 0.15) is 5.69 Å². The van der Waals surface area contributed by atoms with Crippen molar-refractivity contribution in [1.82, 2.24) is 4.98 Å². The van der Waals surface area contributed by atoms with Crippen LogP contribution >= 0.6 is 0 Å². The quantitative estimate of drug-likeness (QED) is 0.814. The van der Waals surface area contributed by atoms with Gasteiger partial charge < -0.3 is 15.6 Å². The highest BCUT2D eigenvalue weighted by Gasteiger charge is 2.23. The zero-order chi connectivity index (χ0) is 12.3. The summed E-state index contributed by atoms with van der Waals surface area (Å²) in [6.45, 7) is -0.215. The molecule has 0 aliphatic rings. The van der Waals surface area contributed by atoms with E-state index in [9.17, 15) is 13.6 Å². The molecular formula is C9H10F2N2O3. The highest BCUT2D eigenvalue weighted by atomic mass is 19.3. The molecule has 0 fully saturated rings. The molecule has 88 valence electrons. The maximum absolute atomic E-state index is 12.5. The van der Waals surface area contributed by atoms with E-state index >= 15 is 0 Å². The largest absolute Gasteiger partial charge is 0.494 e. The number of hydrogen-bond donors (Lipinski definition) is 2. The van der Waals surface area contributed by atoms with Gasteiger partial charge in [-0.3, -0.25) is 4.98 Å². The van der Waals surface area contributed by atoms with Gasteiger partial charge in [-0.05, 0) is 0 Å². The van der Waals surface area contributed by atoms with Gasteiger partial charge in [0.15, 0.2) is 5.75 Å². The highest BCUT2D eigenvalue weighted by molar-refractivity contribution is 5.90. The van der Waals surface area contributed by atoms with Gasteiger partial charge >= 0.3 is 5.97 Å². The van der Waals surface area contributed by atoms with Crippen LogP contribution in [0.4, 0.5) is 8.78 Å². The average Bonchev–Trinajstić information content (AvgIpc) is 2.26. The van der Waals surface area contributed by atoms with Crippen molar-refractivity contribution in [3.05, 3.63) is 23.0 Å². The van der Waals surface area contributed by atoms with E-state index in [1.54, 1.807) is 0 Å². The zero-order valence-corrected chi connectivity index (χ0v) is 8.41. The molecule has 0 saturated heterocycles. The number of alkyl halides is 2. The van der Waals surface area contributed by atoms with Crippen LogP contribution in [0.2, 0.25) is 0 Å². The molecule has 0 aliphatic carbocycles. The smallest absolute Gasteiger partial charge is 0.337 e. The number of halogens is 2. The number of carboxylic acid groups (broad SMARTS) is 1. The van der Waals surface area contributed by atoms with Crippen molar-refractivity contribution in [2.24, 2.45) is 5.73 Å². The van der Waals surface area contributed by atoms with Crippen molar-refractivity contribution in [2.45, 2.75) is 13.0 Å². The van der Waals surface area contributed by atoms with Crippen LogP contribution in [0.1, 0.15) is 28.0 Å². The molecule has 0 saturated carbocycles. The molecule has 3 N–H and O–H groups in total. The van der Waals surface area contributed by atoms with Gasteiger partial charge in [0.05, 0.1) is 12.7 Å². The van der Waals surface area contributed by atoms with E-state index in [1.165, 1.54) is 0 Å². The molecule has 0 amide bonds. The molecule has 0 unspecified atom stereocenters. The van der Waals surface area contributed by atoms with Gasteiger partial charge in [-0.25, -0.2) is 13.6 Å².